The molecular formula is C8H11N3. The van der Waals surface area contributed by atoms with Crippen molar-refractivity contribution >= 4 is 0 Å². The molecule has 1 heterocycles. The lowest BCUT2D eigenvalue weighted by atomic mass is 10.3. The van der Waals surface area contributed by atoms with Crippen molar-refractivity contribution in [2.45, 2.75) is 26.3 Å². The Morgan fingerprint density at radius 2 is 2.55 bits per heavy atom. The third-order valence-electron chi connectivity index (χ3n) is 1.59. The van der Waals surface area contributed by atoms with Gasteiger partial charge in [0.05, 0.1) is 6.07 Å². The number of unbranched alkanes of at least 4 members (excludes halogenated alkanes) is 1. The average Bonchev–Trinajstić information content (AvgIpc) is 2.37. The predicted octanol–water partition coefficient (Wildman–Crippen LogP) is 1.50. The number of nitrogens with zero attached hydrogens (tertiary/aromatic N) is 3. The van der Waals surface area contributed by atoms with Crippen LogP contribution in [0.2, 0.25) is 0 Å². The topological polar surface area (TPSA) is 41.6 Å². The van der Waals surface area contributed by atoms with Crippen LogP contribution < -0.4 is 0 Å². The van der Waals surface area contributed by atoms with Crippen LogP contribution in [0.15, 0.2) is 12.3 Å². The molecule has 0 unspecified atom stereocenters. The van der Waals surface area contributed by atoms with Crippen molar-refractivity contribution in [2.75, 3.05) is 0 Å². The van der Waals surface area contributed by atoms with Crippen LogP contribution in [0.5, 0.6) is 0 Å². The minimum Gasteiger partial charge on any atom is -0.270 e. The van der Waals surface area contributed by atoms with Crippen LogP contribution in [0.4, 0.5) is 0 Å². The highest BCUT2D eigenvalue weighted by Gasteiger charge is 1.94. The maximum atomic E-state index is 8.28. The molecule has 3 heteroatoms. The van der Waals surface area contributed by atoms with Gasteiger partial charge >= 0.3 is 0 Å². The summed E-state index contributed by atoms with van der Waals surface area (Å²) in [7, 11) is 0. The fraction of sp³-hybridized carbons (Fsp3) is 0.500. The van der Waals surface area contributed by atoms with Gasteiger partial charge in [-0.05, 0) is 19.4 Å². The highest BCUT2D eigenvalue weighted by molar-refractivity contribution is 4.96. The van der Waals surface area contributed by atoms with Crippen LogP contribution >= 0.6 is 0 Å². The lowest BCUT2D eigenvalue weighted by molar-refractivity contribution is 0.572. The minimum absolute atomic E-state index is 0.610. The van der Waals surface area contributed by atoms with Crippen molar-refractivity contribution in [3.05, 3.63) is 18.0 Å². The molecule has 0 atom stereocenters. The molecule has 0 saturated heterocycles. The highest BCUT2D eigenvalue weighted by atomic mass is 15.3. The predicted molar refractivity (Wildman–Crippen MR) is 41.8 cm³/mol. The largest absolute Gasteiger partial charge is 0.270 e. The third-order valence-corrected chi connectivity index (χ3v) is 1.59. The number of nitriles is 1. The molecule has 0 saturated carbocycles. The Hall–Kier alpha value is -1.30. The molecule has 0 bridgehead atoms. The Kier molecular flexibility index (Phi) is 2.67. The summed E-state index contributed by atoms with van der Waals surface area (Å²) in [6, 6.07) is 4.07. The van der Waals surface area contributed by atoms with E-state index in [1.807, 2.05) is 17.7 Å². The summed E-state index contributed by atoms with van der Waals surface area (Å²) in [5.74, 6) is 0. The van der Waals surface area contributed by atoms with E-state index >= 15 is 0 Å². The average molecular weight is 149 g/mol. The van der Waals surface area contributed by atoms with Crippen molar-refractivity contribution in [1.29, 1.82) is 5.26 Å². The van der Waals surface area contributed by atoms with Gasteiger partial charge in [0.1, 0.15) is 0 Å². The summed E-state index contributed by atoms with van der Waals surface area (Å²) in [6.07, 6.45) is 3.28. The zero-order valence-corrected chi connectivity index (χ0v) is 6.62. The number of aryl methyl sites for hydroxylation is 2. The van der Waals surface area contributed by atoms with E-state index < -0.39 is 0 Å². The van der Waals surface area contributed by atoms with Gasteiger partial charge in [0.15, 0.2) is 0 Å². The van der Waals surface area contributed by atoms with Gasteiger partial charge in [0, 0.05) is 24.9 Å². The minimum atomic E-state index is 0.610. The molecule has 0 N–H and O–H groups in total. The summed E-state index contributed by atoms with van der Waals surface area (Å²) in [6.45, 7) is 2.87. The van der Waals surface area contributed by atoms with Crippen molar-refractivity contribution in [3.8, 4) is 6.07 Å². The van der Waals surface area contributed by atoms with Crippen LogP contribution in [0, 0.1) is 18.3 Å². The van der Waals surface area contributed by atoms with Gasteiger partial charge in [-0.3, -0.25) is 4.68 Å². The van der Waals surface area contributed by atoms with E-state index in [1.54, 1.807) is 6.20 Å². The number of aromatic nitrogens is 2. The Bertz CT molecular complexity index is 257. The molecule has 0 aliphatic rings. The maximum Gasteiger partial charge on any atom is 0.0622 e. The molecule has 58 valence electrons. The first kappa shape index (κ1) is 7.80. The molecule has 0 aromatic carbocycles. The first-order valence-electron chi connectivity index (χ1n) is 3.70. The second kappa shape index (κ2) is 3.77. The van der Waals surface area contributed by atoms with E-state index in [1.165, 1.54) is 0 Å². The van der Waals surface area contributed by atoms with Gasteiger partial charge in [0.2, 0.25) is 0 Å². The van der Waals surface area contributed by atoms with E-state index in [-0.39, 0.29) is 0 Å². The second-order valence-corrected chi connectivity index (χ2v) is 2.46. The SMILES string of the molecule is Cc1ccnn1CCCC#N. The van der Waals surface area contributed by atoms with Crippen LogP contribution in [-0.2, 0) is 6.54 Å². The van der Waals surface area contributed by atoms with Crippen molar-refractivity contribution < 1.29 is 0 Å². The molecular weight excluding hydrogens is 138 g/mol. The first-order valence-corrected chi connectivity index (χ1v) is 3.70. The van der Waals surface area contributed by atoms with Gasteiger partial charge in [-0.25, -0.2) is 0 Å². The van der Waals surface area contributed by atoms with Gasteiger partial charge < -0.3 is 0 Å². The lowest BCUT2D eigenvalue weighted by Gasteiger charge is -2.00. The van der Waals surface area contributed by atoms with E-state index in [0.29, 0.717) is 6.42 Å². The number of hydrogen-bond donors (Lipinski definition) is 0. The third kappa shape index (κ3) is 2.08. The lowest BCUT2D eigenvalue weighted by Crippen LogP contribution is -2.01. The van der Waals surface area contributed by atoms with Gasteiger partial charge in [0.25, 0.3) is 0 Å². The Balaban J connectivity index is 2.40. The molecule has 0 aliphatic carbocycles. The van der Waals surface area contributed by atoms with Crippen molar-refractivity contribution in [3.63, 3.8) is 0 Å². The molecule has 0 spiro atoms. The standard InChI is InChI=1S/C8H11N3/c1-8-4-6-10-11(8)7-3-2-5-9/h4,6H,2-3,7H2,1H3. The first-order chi connectivity index (χ1) is 5.34. The van der Waals surface area contributed by atoms with Crippen LogP contribution in [0.3, 0.4) is 0 Å². The normalized spacial score (nSPS) is 9.45. The molecule has 1 aromatic rings. The molecule has 1 rings (SSSR count). The van der Waals surface area contributed by atoms with E-state index in [9.17, 15) is 0 Å². The molecule has 11 heavy (non-hydrogen) atoms. The molecule has 1 aromatic heterocycles. The summed E-state index contributed by atoms with van der Waals surface area (Å²) >= 11 is 0. The van der Waals surface area contributed by atoms with Crippen LogP contribution in [0.1, 0.15) is 18.5 Å². The molecule has 0 amide bonds. The van der Waals surface area contributed by atoms with Gasteiger partial charge in [-0.15, -0.1) is 0 Å². The fourth-order valence-corrected chi connectivity index (χ4v) is 0.941. The Morgan fingerprint density at radius 1 is 1.73 bits per heavy atom. The maximum absolute atomic E-state index is 8.28. The highest BCUT2D eigenvalue weighted by Crippen LogP contribution is 1.98. The number of hydrogen-bond acceptors (Lipinski definition) is 2. The van der Waals surface area contributed by atoms with Crippen molar-refractivity contribution in [1.82, 2.24) is 9.78 Å². The summed E-state index contributed by atoms with van der Waals surface area (Å²) in [5, 5.41) is 12.4. The van der Waals surface area contributed by atoms with Crippen molar-refractivity contribution in [2.24, 2.45) is 0 Å². The molecule has 0 fully saturated rings. The smallest absolute Gasteiger partial charge is 0.0622 e. The van der Waals surface area contributed by atoms with E-state index in [0.717, 1.165) is 18.7 Å². The van der Waals surface area contributed by atoms with E-state index in [2.05, 4.69) is 11.2 Å². The Morgan fingerprint density at radius 3 is 3.09 bits per heavy atom. The quantitative estimate of drug-likeness (QED) is 0.611. The van der Waals surface area contributed by atoms with Crippen LogP contribution in [0.25, 0.3) is 0 Å². The summed E-state index contributed by atoms with van der Waals surface area (Å²) in [5.41, 5.74) is 1.16. The fourth-order valence-electron chi connectivity index (χ4n) is 0.941. The second-order valence-electron chi connectivity index (χ2n) is 2.46. The summed E-state index contributed by atoms with van der Waals surface area (Å²) in [4.78, 5) is 0. The Labute approximate surface area is 66.3 Å². The van der Waals surface area contributed by atoms with E-state index in [4.69, 9.17) is 5.26 Å². The summed E-state index contributed by atoms with van der Waals surface area (Å²) < 4.78 is 1.91. The number of rotatable bonds is 3. The zero-order valence-electron chi connectivity index (χ0n) is 6.62. The monoisotopic (exact) mass is 149 g/mol. The molecule has 0 radical (unpaired) electrons. The van der Waals surface area contributed by atoms with Gasteiger partial charge in [-0.1, -0.05) is 0 Å². The molecule has 3 nitrogen and oxygen atoms in total. The molecule has 0 aliphatic heterocycles. The zero-order chi connectivity index (χ0) is 8.10. The van der Waals surface area contributed by atoms with Crippen LogP contribution in [-0.4, -0.2) is 9.78 Å². The van der Waals surface area contributed by atoms with Gasteiger partial charge in [-0.2, -0.15) is 10.4 Å².